The van der Waals surface area contributed by atoms with Gasteiger partial charge in [0.2, 0.25) is 0 Å². The van der Waals surface area contributed by atoms with Crippen molar-refractivity contribution in [2.45, 2.75) is 12.8 Å². The minimum absolute atomic E-state index is 0.0809. The van der Waals surface area contributed by atoms with Crippen LogP contribution in [0, 0.1) is 0 Å². The van der Waals surface area contributed by atoms with Gasteiger partial charge in [-0.15, -0.1) is 0 Å². The van der Waals surface area contributed by atoms with Crippen LogP contribution in [0.1, 0.15) is 16.7 Å². The minimum atomic E-state index is -4.38. The van der Waals surface area contributed by atoms with E-state index >= 15 is 0 Å². The summed E-state index contributed by atoms with van der Waals surface area (Å²) in [5.74, 6) is 0.894. The maximum Gasteiger partial charge on any atom is 0.416 e. The maximum absolute atomic E-state index is 12.6. The predicted octanol–water partition coefficient (Wildman–Crippen LogP) is 7.70. The third-order valence-corrected chi connectivity index (χ3v) is 5.52. The Morgan fingerprint density at radius 3 is 2.28 bits per heavy atom. The molecular formula is C22H16Cl3F3N2O2. The summed E-state index contributed by atoms with van der Waals surface area (Å²) in [4.78, 5) is 0. The van der Waals surface area contributed by atoms with Gasteiger partial charge in [0.05, 0.1) is 34.6 Å². The Balaban J connectivity index is 1.67. The van der Waals surface area contributed by atoms with Crippen molar-refractivity contribution in [3.05, 3.63) is 86.4 Å². The summed E-state index contributed by atoms with van der Waals surface area (Å²) in [6.45, 7) is 0.0809. The Morgan fingerprint density at radius 2 is 1.62 bits per heavy atom. The fourth-order valence-corrected chi connectivity index (χ4v) is 3.31. The number of nitrogens with zero attached hydrogens (tertiary/aromatic N) is 1. The highest BCUT2D eigenvalue weighted by molar-refractivity contribution is 6.44. The molecule has 0 spiro atoms. The summed E-state index contributed by atoms with van der Waals surface area (Å²) in [6.07, 6.45) is -2.89. The van der Waals surface area contributed by atoms with E-state index in [1.54, 1.807) is 30.3 Å². The monoisotopic (exact) mass is 502 g/mol. The Bertz CT molecular complexity index is 1120. The first-order chi connectivity index (χ1) is 15.2. The van der Waals surface area contributed by atoms with Crippen LogP contribution in [0.2, 0.25) is 15.1 Å². The fraction of sp³-hybridized carbons (Fsp3) is 0.136. The average molecular weight is 504 g/mol. The summed E-state index contributed by atoms with van der Waals surface area (Å²) in [5.41, 5.74) is 3.58. The van der Waals surface area contributed by atoms with Crippen LogP contribution in [0.15, 0.2) is 59.7 Å². The number of methoxy groups -OCH3 is 1. The number of halogens is 6. The molecule has 3 aromatic carbocycles. The summed E-state index contributed by atoms with van der Waals surface area (Å²) >= 11 is 18.4. The number of alkyl halides is 3. The molecule has 0 bridgehead atoms. The first-order valence-electron chi connectivity index (χ1n) is 9.08. The van der Waals surface area contributed by atoms with Gasteiger partial charge in [-0.1, -0.05) is 34.8 Å². The summed E-state index contributed by atoms with van der Waals surface area (Å²) in [5, 5.41) is 5.15. The van der Waals surface area contributed by atoms with Crippen molar-refractivity contribution in [1.82, 2.24) is 0 Å². The van der Waals surface area contributed by atoms with E-state index in [2.05, 4.69) is 10.5 Å². The minimum Gasteiger partial charge on any atom is -0.493 e. The van der Waals surface area contributed by atoms with Crippen LogP contribution in [-0.2, 0) is 12.8 Å². The molecule has 1 N–H and O–H groups in total. The van der Waals surface area contributed by atoms with Gasteiger partial charge in [-0.3, -0.25) is 5.43 Å². The Kier molecular flexibility index (Phi) is 7.77. The number of ether oxygens (including phenoxy) is 2. The molecule has 0 heterocycles. The second-order valence-corrected chi connectivity index (χ2v) is 7.66. The van der Waals surface area contributed by atoms with Gasteiger partial charge in [0.15, 0.2) is 11.5 Å². The number of hydrogen-bond donors (Lipinski definition) is 1. The van der Waals surface area contributed by atoms with Gasteiger partial charge >= 0.3 is 6.18 Å². The topological polar surface area (TPSA) is 42.8 Å². The van der Waals surface area contributed by atoms with E-state index in [9.17, 15) is 13.2 Å². The lowest BCUT2D eigenvalue weighted by Gasteiger charge is -2.13. The highest BCUT2D eigenvalue weighted by Crippen LogP contribution is 2.34. The molecule has 0 aliphatic carbocycles. The second-order valence-electron chi connectivity index (χ2n) is 6.47. The highest BCUT2D eigenvalue weighted by atomic mass is 35.5. The molecule has 3 rings (SSSR count). The van der Waals surface area contributed by atoms with Crippen LogP contribution in [-0.4, -0.2) is 13.3 Å². The molecule has 0 aliphatic rings. The van der Waals surface area contributed by atoms with Crippen LogP contribution in [0.25, 0.3) is 0 Å². The molecule has 32 heavy (non-hydrogen) atoms. The van der Waals surface area contributed by atoms with E-state index in [-0.39, 0.29) is 6.61 Å². The van der Waals surface area contributed by atoms with Crippen molar-refractivity contribution < 1.29 is 22.6 Å². The van der Waals surface area contributed by atoms with E-state index in [1.165, 1.54) is 25.5 Å². The van der Waals surface area contributed by atoms with Gasteiger partial charge in [0.1, 0.15) is 6.61 Å². The molecule has 168 valence electrons. The van der Waals surface area contributed by atoms with Crippen molar-refractivity contribution >= 4 is 46.7 Å². The lowest BCUT2D eigenvalue weighted by molar-refractivity contribution is -0.137. The first-order valence-corrected chi connectivity index (χ1v) is 10.2. The summed E-state index contributed by atoms with van der Waals surface area (Å²) in [6, 6.07) is 12.9. The van der Waals surface area contributed by atoms with Crippen LogP contribution in [0.5, 0.6) is 11.5 Å². The number of rotatable bonds is 7. The van der Waals surface area contributed by atoms with Gasteiger partial charge in [-0.05, 0) is 60.2 Å². The molecule has 0 aliphatic heterocycles. The molecule has 0 aromatic heterocycles. The largest absolute Gasteiger partial charge is 0.493 e. The summed E-state index contributed by atoms with van der Waals surface area (Å²) < 4.78 is 49.0. The maximum atomic E-state index is 12.6. The third kappa shape index (κ3) is 6.00. The molecule has 4 nitrogen and oxygen atoms in total. The molecule has 0 radical (unpaired) electrons. The third-order valence-electron chi connectivity index (χ3n) is 4.32. The molecule has 0 atom stereocenters. The van der Waals surface area contributed by atoms with Crippen molar-refractivity contribution in [3.8, 4) is 11.5 Å². The zero-order valence-corrected chi connectivity index (χ0v) is 18.8. The molecule has 0 saturated heterocycles. The van der Waals surface area contributed by atoms with Crippen molar-refractivity contribution in [2.75, 3.05) is 12.5 Å². The van der Waals surface area contributed by atoms with Crippen LogP contribution >= 0.6 is 34.8 Å². The van der Waals surface area contributed by atoms with Gasteiger partial charge < -0.3 is 9.47 Å². The molecule has 0 fully saturated rings. The molecule has 0 amide bonds. The zero-order valence-electron chi connectivity index (χ0n) is 16.5. The van der Waals surface area contributed by atoms with Crippen molar-refractivity contribution in [1.29, 1.82) is 0 Å². The average Bonchev–Trinajstić information content (AvgIpc) is 2.76. The lowest BCUT2D eigenvalue weighted by Crippen LogP contribution is -2.04. The van der Waals surface area contributed by atoms with Gasteiger partial charge in [-0.25, -0.2) is 0 Å². The number of anilines is 1. The van der Waals surface area contributed by atoms with Crippen LogP contribution in [0.4, 0.5) is 18.9 Å². The van der Waals surface area contributed by atoms with Gasteiger partial charge in [0, 0.05) is 10.6 Å². The molecule has 0 unspecified atom stereocenters. The standard InChI is InChI=1S/C22H16Cl3F3N2O2/c1-31-20-10-13(11-29-30-15-5-3-14(4-6-15)22(26,27)28)2-9-19(20)32-12-16-17(23)7-8-18(24)21(16)25/h2-11,30H,12H2,1H3. The second kappa shape index (κ2) is 10.3. The first kappa shape index (κ1) is 24.0. The number of hydrogen-bond acceptors (Lipinski definition) is 4. The smallest absolute Gasteiger partial charge is 0.416 e. The van der Waals surface area contributed by atoms with E-state index in [0.717, 1.165) is 12.1 Å². The Hall–Kier alpha value is -2.61. The SMILES string of the molecule is COc1cc(C=NNc2ccc(C(F)(F)F)cc2)ccc1OCc1c(Cl)ccc(Cl)c1Cl. The Morgan fingerprint density at radius 1 is 0.938 bits per heavy atom. The summed E-state index contributed by atoms with van der Waals surface area (Å²) in [7, 11) is 1.49. The van der Waals surface area contributed by atoms with E-state index in [1.807, 2.05) is 0 Å². The Labute approximate surface area is 197 Å². The normalized spacial score (nSPS) is 11.6. The number of nitrogens with one attached hydrogen (secondary N) is 1. The van der Waals surface area contributed by atoms with Gasteiger partial charge in [0.25, 0.3) is 0 Å². The molecule has 3 aromatic rings. The van der Waals surface area contributed by atoms with E-state index in [4.69, 9.17) is 44.3 Å². The fourth-order valence-electron chi connectivity index (χ4n) is 2.65. The number of benzene rings is 3. The van der Waals surface area contributed by atoms with Gasteiger partial charge in [-0.2, -0.15) is 18.3 Å². The molecular weight excluding hydrogens is 488 g/mol. The number of hydrazone groups is 1. The quantitative estimate of drug-likeness (QED) is 0.204. The van der Waals surface area contributed by atoms with Crippen molar-refractivity contribution in [3.63, 3.8) is 0 Å². The highest BCUT2D eigenvalue weighted by Gasteiger charge is 2.29. The predicted molar refractivity (Wildman–Crippen MR) is 121 cm³/mol. The molecule has 10 heteroatoms. The van der Waals surface area contributed by atoms with E-state index < -0.39 is 11.7 Å². The lowest BCUT2D eigenvalue weighted by atomic mass is 10.2. The molecule has 0 saturated carbocycles. The van der Waals surface area contributed by atoms with Crippen LogP contribution in [0.3, 0.4) is 0 Å². The van der Waals surface area contributed by atoms with Crippen molar-refractivity contribution in [2.24, 2.45) is 5.10 Å². The van der Waals surface area contributed by atoms with E-state index in [0.29, 0.717) is 43.4 Å². The van der Waals surface area contributed by atoms with Crippen LogP contribution < -0.4 is 14.9 Å². The zero-order chi connectivity index (χ0) is 23.3.